The number of rotatable bonds is 21. The predicted octanol–water partition coefficient (Wildman–Crippen LogP) is 4.44. The minimum absolute atomic E-state index is 0.231. The van der Waals surface area contributed by atoms with Gasteiger partial charge in [0.05, 0.1) is 6.10 Å². The fourth-order valence-electron chi connectivity index (χ4n) is 3.62. The van der Waals surface area contributed by atoms with Crippen molar-refractivity contribution in [2.75, 3.05) is 32.7 Å². The molecule has 0 aliphatic carbocycles. The van der Waals surface area contributed by atoms with Crippen molar-refractivity contribution in [1.29, 1.82) is 0 Å². The largest absolute Gasteiger partial charge is 0.392 e. The molecule has 1 unspecified atom stereocenters. The molecule has 0 aliphatic rings. The first-order valence-electron chi connectivity index (χ1n) is 11.5. The molecule has 0 spiro atoms. The van der Waals surface area contributed by atoms with Crippen LogP contribution in [0, 0.1) is 0 Å². The third-order valence-electron chi connectivity index (χ3n) is 5.25. The SMILES string of the molecule is CCCCCCCCCCCCCCCCC(O)CN(CCN)CCN. The van der Waals surface area contributed by atoms with Gasteiger partial charge in [-0.05, 0) is 6.42 Å². The first-order chi connectivity index (χ1) is 12.7. The zero-order chi connectivity index (χ0) is 19.3. The van der Waals surface area contributed by atoms with Crippen LogP contribution in [0.1, 0.15) is 103 Å². The summed E-state index contributed by atoms with van der Waals surface area (Å²) in [7, 11) is 0. The third kappa shape index (κ3) is 18.6. The monoisotopic (exact) mass is 371 g/mol. The molecule has 0 rings (SSSR count). The summed E-state index contributed by atoms with van der Waals surface area (Å²) < 4.78 is 0. The fraction of sp³-hybridized carbons (Fsp3) is 1.00. The van der Waals surface area contributed by atoms with Gasteiger partial charge in [0.1, 0.15) is 0 Å². The molecule has 0 radical (unpaired) electrons. The molecule has 0 bridgehead atoms. The number of aliphatic hydroxyl groups excluding tert-OH is 1. The number of aliphatic hydroxyl groups is 1. The minimum atomic E-state index is -0.231. The van der Waals surface area contributed by atoms with Gasteiger partial charge in [-0.2, -0.15) is 0 Å². The van der Waals surface area contributed by atoms with Crippen LogP contribution in [0.3, 0.4) is 0 Å². The highest BCUT2D eigenvalue weighted by molar-refractivity contribution is 4.66. The second-order valence-electron chi connectivity index (χ2n) is 7.92. The highest BCUT2D eigenvalue weighted by Crippen LogP contribution is 2.14. The second kappa shape index (κ2) is 21.1. The molecule has 158 valence electrons. The molecule has 26 heavy (non-hydrogen) atoms. The van der Waals surface area contributed by atoms with Gasteiger partial charge in [0, 0.05) is 32.7 Å². The van der Waals surface area contributed by atoms with Gasteiger partial charge in [-0.15, -0.1) is 0 Å². The summed E-state index contributed by atoms with van der Waals surface area (Å²) in [6.07, 6.45) is 19.9. The summed E-state index contributed by atoms with van der Waals surface area (Å²) in [5.41, 5.74) is 11.2. The molecular weight excluding hydrogens is 322 g/mol. The van der Waals surface area contributed by atoms with E-state index >= 15 is 0 Å². The van der Waals surface area contributed by atoms with Crippen LogP contribution in [0.15, 0.2) is 0 Å². The molecule has 4 nitrogen and oxygen atoms in total. The molecule has 5 N–H and O–H groups in total. The highest BCUT2D eigenvalue weighted by atomic mass is 16.3. The quantitative estimate of drug-likeness (QED) is 0.261. The molecule has 1 atom stereocenters. The maximum Gasteiger partial charge on any atom is 0.0667 e. The van der Waals surface area contributed by atoms with E-state index in [2.05, 4.69) is 11.8 Å². The lowest BCUT2D eigenvalue weighted by molar-refractivity contribution is 0.106. The molecule has 0 aromatic rings. The Labute approximate surface area is 164 Å². The van der Waals surface area contributed by atoms with Crippen LogP contribution in [0.4, 0.5) is 0 Å². The van der Waals surface area contributed by atoms with E-state index in [0.717, 1.165) is 25.9 Å². The van der Waals surface area contributed by atoms with Crippen molar-refractivity contribution in [3.63, 3.8) is 0 Å². The molecule has 0 heterocycles. The zero-order valence-electron chi connectivity index (χ0n) is 17.8. The summed E-state index contributed by atoms with van der Waals surface area (Å²) in [4.78, 5) is 2.18. The van der Waals surface area contributed by atoms with Crippen LogP contribution in [0.5, 0.6) is 0 Å². The third-order valence-corrected chi connectivity index (χ3v) is 5.25. The van der Waals surface area contributed by atoms with Crippen molar-refractivity contribution in [1.82, 2.24) is 4.90 Å². The van der Waals surface area contributed by atoms with Gasteiger partial charge < -0.3 is 16.6 Å². The van der Waals surface area contributed by atoms with Crippen LogP contribution in [0.25, 0.3) is 0 Å². The molecule has 0 amide bonds. The van der Waals surface area contributed by atoms with Crippen molar-refractivity contribution >= 4 is 0 Å². The van der Waals surface area contributed by atoms with Crippen LogP contribution in [-0.2, 0) is 0 Å². The van der Waals surface area contributed by atoms with Gasteiger partial charge in [-0.3, -0.25) is 4.90 Å². The summed E-state index contributed by atoms with van der Waals surface area (Å²) >= 11 is 0. The van der Waals surface area contributed by atoms with E-state index in [4.69, 9.17) is 11.5 Å². The van der Waals surface area contributed by atoms with E-state index in [1.54, 1.807) is 0 Å². The number of unbranched alkanes of at least 4 members (excludes halogenated alkanes) is 13. The van der Waals surface area contributed by atoms with Gasteiger partial charge in [-0.1, -0.05) is 96.8 Å². The van der Waals surface area contributed by atoms with Crippen molar-refractivity contribution in [3.05, 3.63) is 0 Å². The Kier molecular flexibility index (Phi) is 21.0. The molecule has 0 fully saturated rings. The molecule has 0 aromatic carbocycles. The van der Waals surface area contributed by atoms with Gasteiger partial charge in [-0.25, -0.2) is 0 Å². The Bertz CT molecular complexity index is 258. The van der Waals surface area contributed by atoms with Crippen molar-refractivity contribution in [3.8, 4) is 0 Å². The molecule has 0 saturated heterocycles. The first kappa shape index (κ1) is 25.8. The number of nitrogens with zero attached hydrogens (tertiary/aromatic N) is 1. The summed E-state index contributed by atoms with van der Waals surface area (Å²) in [5.74, 6) is 0. The summed E-state index contributed by atoms with van der Waals surface area (Å²) in [6, 6.07) is 0. The average Bonchev–Trinajstić information content (AvgIpc) is 2.62. The fourth-order valence-corrected chi connectivity index (χ4v) is 3.62. The standard InChI is InChI=1S/C22H49N3O/c1-2-3-4-5-6-7-8-9-10-11-12-13-14-15-16-22(26)21-25(19-17-23)20-18-24/h22,26H,2-21,23-24H2,1H3. The lowest BCUT2D eigenvalue weighted by atomic mass is 10.0. The Morgan fingerprint density at radius 1 is 0.654 bits per heavy atom. The second-order valence-corrected chi connectivity index (χ2v) is 7.92. The lowest BCUT2D eigenvalue weighted by Gasteiger charge is -2.23. The van der Waals surface area contributed by atoms with Crippen LogP contribution < -0.4 is 11.5 Å². The Morgan fingerprint density at radius 2 is 1.04 bits per heavy atom. The maximum atomic E-state index is 10.1. The molecule has 0 saturated carbocycles. The van der Waals surface area contributed by atoms with Crippen LogP contribution in [0.2, 0.25) is 0 Å². The highest BCUT2D eigenvalue weighted by Gasteiger charge is 2.10. The molecule has 0 aromatic heterocycles. The van der Waals surface area contributed by atoms with E-state index in [1.807, 2.05) is 0 Å². The zero-order valence-corrected chi connectivity index (χ0v) is 17.8. The number of hydrogen-bond donors (Lipinski definition) is 3. The maximum absolute atomic E-state index is 10.1. The Morgan fingerprint density at radius 3 is 1.42 bits per heavy atom. The first-order valence-corrected chi connectivity index (χ1v) is 11.5. The normalized spacial score (nSPS) is 12.8. The Balaban J connectivity index is 3.29. The summed E-state index contributed by atoms with van der Waals surface area (Å²) in [5, 5.41) is 10.1. The van der Waals surface area contributed by atoms with Gasteiger partial charge in [0.25, 0.3) is 0 Å². The van der Waals surface area contributed by atoms with Gasteiger partial charge in [0.2, 0.25) is 0 Å². The molecule has 4 heteroatoms. The summed E-state index contributed by atoms with van der Waals surface area (Å²) in [6.45, 7) is 5.91. The van der Waals surface area contributed by atoms with Crippen molar-refractivity contribution < 1.29 is 5.11 Å². The lowest BCUT2D eigenvalue weighted by Crippen LogP contribution is -2.39. The van der Waals surface area contributed by atoms with Crippen molar-refractivity contribution in [2.24, 2.45) is 11.5 Å². The van der Waals surface area contributed by atoms with Crippen LogP contribution >= 0.6 is 0 Å². The molecule has 0 aliphatic heterocycles. The van der Waals surface area contributed by atoms with E-state index in [-0.39, 0.29) is 6.10 Å². The van der Waals surface area contributed by atoms with E-state index in [0.29, 0.717) is 19.6 Å². The Hall–Kier alpha value is -0.160. The average molecular weight is 372 g/mol. The van der Waals surface area contributed by atoms with E-state index in [9.17, 15) is 5.11 Å². The van der Waals surface area contributed by atoms with E-state index < -0.39 is 0 Å². The number of nitrogens with two attached hydrogens (primary N) is 2. The van der Waals surface area contributed by atoms with Gasteiger partial charge in [0.15, 0.2) is 0 Å². The smallest absolute Gasteiger partial charge is 0.0667 e. The van der Waals surface area contributed by atoms with Gasteiger partial charge >= 0.3 is 0 Å². The predicted molar refractivity (Wildman–Crippen MR) is 115 cm³/mol. The number of hydrogen-bond acceptors (Lipinski definition) is 4. The van der Waals surface area contributed by atoms with Crippen molar-refractivity contribution in [2.45, 2.75) is 109 Å². The minimum Gasteiger partial charge on any atom is -0.392 e. The van der Waals surface area contributed by atoms with Crippen LogP contribution in [-0.4, -0.2) is 48.8 Å². The molecular formula is C22H49N3O. The van der Waals surface area contributed by atoms with E-state index in [1.165, 1.54) is 83.5 Å². The topological polar surface area (TPSA) is 75.5 Å².